The number of nitrogens with zero attached hydrogens (tertiary/aromatic N) is 2. The fourth-order valence-corrected chi connectivity index (χ4v) is 1.72. The second-order valence-corrected chi connectivity index (χ2v) is 4.80. The predicted octanol–water partition coefficient (Wildman–Crippen LogP) is 0.867. The fourth-order valence-electron chi connectivity index (χ4n) is 1.72. The highest BCUT2D eigenvalue weighted by Crippen LogP contribution is 2.14. The van der Waals surface area contributed by atoms with E-state index in [1.165, 1.54) is 0 Å². The summed E-state index contributed by atoms with van der Waals surface area (Å²) in [7, 11) is 0. The van der Waals surface area contributed by atoms with Crippen LogP contribution in [0.5, 0.6) is 6.08 Å². The highest BCUT2D eigenvalue weighted by atomic mass is 16.6. The van der Waals surface area contributed by atoms with Crippen LogP contribution < -0.4 is 10.1 Å². The molecule has 1 N–H and O–H groups in total. The molecule has 1 unspecified atom stereocenters. The lowest BCUT2D eigenvalue weighted by Crippen LogP contribution is -2.35. The maximum atomic E-state index is 11.5. The normalized spacial score (nSPS) is 18.8. The molecule has 1 amide bonds. The van der Waals surface area contributed by atoms with Gasteiger partial charge >= 0.3 is 6.08 Å². The highest BCUT2D eigenvalue weighted by Gasteiger charge is 2.17. The van der Waals surface area contributed by atoms with Gasteiger partial charge in [-0.2, -0.15) is 4.98 Å². The minimum absolute atomic E-state index is 0.0240. The van der Waals surface area contributed by atoms with Gasteiger partial charge in [0.05, 0.1) is 6.10 Å². The molecule has 1 aromatic heterocycles. The number of amides is 1. The minimum atomic E-state index is -0.222. The van der Waals surface area contributed by atoms with Crippen molar-refractivity contribution in [2.24, 2.45) is 0 Å². The van der Waals surface area contributed by atoms with E-state index in [4.69, 9.17) is 14.0 Å². The van der Waals surface area contributed by atoms with Gasteiger partial charge in [0.15, 0.2) is 12.4 Å². The molecule has 0 saturated carbocycles. The summed E-state index contributed by atoms with van der Waals surface area (Å²) in [5, 5.41) is 6.49. The Morgan fingerprint density at radius 2 is 2.42 bits per heavy atom. The van der Waals surface area contributed by atoms with Gasteiger partial charge in [0.2, 0.25) is 0 Å². The monoisotopic (exact) mass is 269 g/mol. The average molecular weight is 269 g/mol. The predicted molar refractivity (Wildman–Crippen MR) is 65.9 cm³/mol. The molecule has 0 radical (unpaired) electrons. The van der Waals surface area contributed by atoms with Crippen LogP contribution in [0.15, 0.2) is 4.52 Å². The topological polar surface area (TPSA) is 86.5 Å². The molecule has 2 rings (SSSR count). The first-order valence-electron chi connectivity index (χ1n) is 6.50. The number of carbonyl (C=O) groups excluding carboxylic acids is 1. The van der Waals surface area contributed by atoms with Crippen LogP contribution in [0.25, 0.3) is 0 Å². The lowest BCUT2D eigenvalue weighted by atomic mass is 10.2. The van der Waals surface area contributed by atoms with E-state index < -0.39 is 0 Å². The highest BCUT2D eigenvalue weighted by molar-refractivity contribution is 5.77. The van der Waals surface area contributed by atoms with Crippen molar-refractivity contribution < 1.29 is 18.8 Å². The number of ether oxygens (including phenoxy) is 2. The Morgan fingerprint density at radius 1 is 1.58 bits per heavy atom. The van der Waals surface area contributed by atoms with E-state index in [2.05, 4.69) is 15.5 Å². The van der Waals surface area contributed by atoms with Crippen molar-refractivity contribution in [2.75, 3.05) is 19.8 Å². The zero-order valence-corrected chi connectivity index (χ0v) is 11.2. The van der Waals surface area contributed by atoms with Gasteiger partial charge in [-0.15, -0.1) is 0 Å². The van der Waals surface area contributed by atoms with E-state index in [1.54, 1.807) is 0 Å². The maximum absolute atomic E-state index is 11.5. The smallest absolute Gasteiger partial charge is 0.417 e. The number of rotatable bonds is 6. The summed E-state index contributed by atoms with van der Waals surface area (Å²) in [4.78, 5) is 15.5. The zero-order valence-electron chi connectivity index (χ0n) is 11.2. The van der Waals surface area contributed by atoms with Gasteiger partial charge < -0.3 is 14.8 Å². The summed E-state index contributed by atoms with van der Waals surface area (Å²) in [5.74, 6) is 0.504. The van der Waals surface area contributed by atoms with Gasteiger partial charge in [-0.05, 0) is 12.8 Å². The van der Waals surface area contributed by atoms with Crippen LogP contribution in [0.2, 0.25) is 0 Å². The molecule has 0 bridgehead atoms. The Hall–Kier alpha value is -1.63. The molecule has 0 aromatic carbocycles. The Bertz CT molecular complexity index is 413. The summed E-state index contributed by atoms with van der Waals surface area (Å²) in [6.45, 7) is 5.05. The number of nitrogens with one attached hydrogen (secondary N) is 1. The van der Waals surface area contributed by atoms with Gasteiger partial charge in [-0.1, -0.05) is 19.0 Å². The van der Waals surface area contributed by atoms with Crippen LogP contribution >= 0.6 is 0 Å². The standard InChI is InChI=1S/C12H19N3O4/c1-8(2)11-14-12(19-15-11)18-7-10(16)13-6-9-4-3-5-17-9/h8-9H,3-7H2,1-2H3,(H,13,16). The number of aromatic nitrogens is 2. The zero-order chi connectivity index (χ0) is 13.7. The number of carbonyl (C=O) groups is 1. The summed E-state index contributed by atoms with van der Waals surface area (Å²) < 4.78 is 15.4. The van der Waals surface area contributed by atoms with Crippen LogP contribution in [0.1, 0.15) is 38.4 Å². The molecule has 1 saturated heterocycles. The molecule has 7 heteroatoms. The molecule has 106 valence electrons. The molecule has 1 aromatic rings. The molecule has 0 spiro atoms. The molecule has 7 nitrogen and oxygen atoms in total. The van der Waals surface area contributed by atoms with Crippen molar-refractivity contribution >= 4 is 5.91 Å². The maximum Gasteiger partial charge on any atom is 0.417 e. The summed E-state index contributed by atoms with van der Waals surface area (Å²) in [5.41, 5.74) is 0. The largest absolute Gasteiger partial charge is 0.439 e. The van der Waals surface area contributed by atoms with E-state index in [1.807, 2.05) is 13.8 Å². The van der Waals surface area contributed by atoms with Crippen molar-refractivity contribution in [1.82, 2.24) is 15.5 Å². The third-order valence-corrected chi connectivity index (χ3v) is 2.82. The van der Waals surface area contributed by atoms with Crippen LogP contribution in [-0.4, -0.2) is 41.9 Å². The molecule has 0 aliphatic carbocycles. The fraction of sp³-hybridized carbons (Fsp3) is 0.750. The van der Waals surface area contributed by atoms with Crippen molar-refractivity contribution in [3.8, 4) is 6.08 Å². The van der Waals surface area contributed by atoms with E-state index in [0.29, 0.717) is 12.4 Å². The van der Waals surface area contributed by atoms with Gasteiger partial charge in [0.25, 0.3) is 5.91 Å². The first-order chi connectivity index (χ1) is 9.15. The lowest BCUT2D eigenvalue weighted by molar-refractivity contribution is -0.124. The quantitative estimate of drug-likeness (QED) is 0.824. The van der Waals surface area contributed by atoms with Crippen molar-refractivity contribution in [1.29, 1.82) is 0 Å². The molecule has 2 heterocycles. The van der Waals surface area contributed by atoms with Crippen molar-refractivity contribution in [3.05, 3.63) is 5.82 Å². The van der Waals surface area contributed by atoms with Crippen molar-refractivity contribution in [2.45, 2.75) is 38.7 Å². The van der Waals surface area contributed by atoms with E-state index in [-0.39, 0.29) is 30.6 Å². The van der Waals surface area contributed by atoms with Gasteiger partial charge in [0.1, 0.15) is 0 Å². The van der Waals surface area contributed by atoms with Gasteiger partial charge in [-0.3, -0.25) is 9.32 Å². The third kappa shape index (κ3) is 4.20. The minimum Gasteiger partial charge on any atom is -0.439 e. The summed E-state index contributed by atoms with van der Waals surface area (Å²) in [6, 6.07) is 0. The summed E-state index contributed by atoms with van der Waals surface area (Å²) in [6.07, 6.45) is 2.19. The second kappa shape index (κ2) is 6.51. The number of hydrogen-bond acceptors (Lipinski definition) is 6. The Labute approximate surface area is 111 Å². The molecular weight excluding hydrogens is 250 g/mol. The van der Waals surface area contributed by atoms with Crippen LogP contribution in [0.4, 0.5) is 0 Å². The lowest BCUT2D eigenvalue weighted by Gasteiger charge is -2.10. The first kappa shape index (κ1) is 13.8. The van der Waals surface area contributed by atoms with E-state index in [0.717, 1.165) is 19.4 Å². The van der Waals surface area contributed by atoms with Crippen LogP contribution in [-0.2, 0) is 9.53 Å². The van der Waals surface area contributed by atoms with Crippen LogP contribution in [0.3, 0.4) is 0 Å². The average Bonchev–Trinajstić information content (AvgIpc) is 3.05. The van der Waals surface area contributed by atoms with E-state index in [9.17, 15) is 4.79 Å². The Balaban J connectivity index is 1.67. The van der Waals surface area contributed by atoms with Crippen molar-refractivity contribution in [3.63, 3.8) is 0 Å². The first-order valence-corrected chi connectivity index (χ1v) is 6.50. The molecule has 19 heavy (non-hydrogen) atoms. The molecule has 1 atom stereocenters. The van der Waals surface area contributed by atoms with Crippen LogP contribution in [0, 0.1) is 0 Å². The van der Waals surface area contributed by atoms with E-state index >= 15 is 0 Å². The molecule has 1 aliphatic heterocycles. The Morgan fingerprint density at radius 3 is 3.05 bits per heavy atom. The molecule has 1 aliphatic rings. The second-order valence-electron chi connectivity index (χ2n) is 4.80. The molecular formula is C12H19N3O4. The van der Waals surface area contributed by atoms with Gasteiger partial charge in [0, 0.05) is 19.1 Å². The third-order valence-electron chi connectivity index (χ3n) is 2.82. The summed E-state index contributed by atoms with van der Waals surface area (Å²) >= 11 is 0. The Kier molecular flexibility index (Phi) is 4.73. The van der Waals surface area contributed by atoms with Gasteiger partial charge in [-0.25, -0.2) is 0 Å². The SMILES string of the molecule is CC(C)c1noc(OCC(=O)NCC2CCCO2)n1. The molecule has 1 fully saturated rings. The number of hydrogen-bond donors (Lipinski definition) is 1.